The van der Waals surface area contributed by atoms with Crippen molar-refractivity contribution < 1.29 is 23.2 Å². The van der Waals surface area contributed by atoms with Crippen LogP contribution in [0.25, 0.3) is 11.3 Å². The van der Waals surface area contributed by atoms with Crippen LogP contribution in [0.5, 0.6) is 5.75 Å². The van der Waals surface area contributed by atoms with E-state index in [4.69, 9.17) is 14.0 Å². The number of halogens is 1. The largest absolute Gasteiger partial charge is 0.497 e. The minimum atomic E-state index is -0.389. The lowest BCUT2D eigenvalue weighted by atomic mass is 10.0. The van der Waals surface area contributed by atoms with Gasteiger partial charge in [-0.3, -0.25) is 4.79 Å². The highest BCUT2D eigenvalue weighted by molar-refractivity contribution is 5.95. The Morgan fingerprint density at radius 2 is 1.97 bits per heavy atom. The van der Waals surface area contributed by atoms with E-state index in [-0.39, 0.29) is 24.3 Å². The molecule has 0 radical (unpaired) electrons. The monoisotopic (exact) mass is 467 g/mol. The molecule has 0 aliphatic carbocycles. The lowest BCUT2D eigenvalue weighted by Gasteiger charge is -2.31. The molecular formula is C26H30FN3O4. The van der Waals surface area contributed by atoms with Gasteiger partial charge in [-0.25, -0.2) is 4.39 Å². The van der Waals surface area contributed by atoms with Crippen molar-refractivity contribution in [2.45, 2.75) is 32.9 Å². The Labute approximate surface area is 199 Å². The highest BCUT2D eigenvalue weighted by atomic mass is 19.1. The van der Waals surface area contributed by atoms with Crippen LogP contribution in [0.2, 0.25) is 0 Å². The van der Waals surface area contributed by atoms with Crippen LogP contribution in [0.3, 0.4) is 0 Å². The summed E-state index contributed by atoms with van der Waals surface area (Å²) in [6.07, 6.45) is 0.753. The van der Waals surface area contributed by atoms with E-state index in [9.17, 15) is 9.18 Å². The van der Waals surface area contributed by atoms with Gasteiger partial charge < -0.3 is 23.8 Å². The van der Waals surface area contributed by atoms with E-state index in [0.29, 0.717) is 60.3 Å². The Hall–Kier alpha value is -3.39. The summed E-state index contributed by atoms with van der Waals surface area (Å²) in [5.74, 6) is 0.635. The van der Waals surface area contributed by atoms with Gasteiger partial charge in [0.15, 0.2) is 0 Å². The highest BCUT2D eigenvalue weighted by Gasteiger charge is 2.30. The fourth-order valence-corrected chi connectivity index (χ4v) is 4.06. The van der Waals surface area contributed by atoms with E-state index < -0.39 is 0 Å². The first-order valence-electron chi connectivity index (χ1n) is 11.5. The number of rotatable bonds is 8. The molecule has 2 heterocycles. The second-order valence-corrected chi connectivity index (χ2v) is 8.32. The van der Waals surface area contributed by atoms with Gasteiger partial charge >= 0.3 is 0 Å². The number of hydrogen-bond acceptors (Lipinski definition) is 6. The van der Waals surface area contributed by atoms with E-state index in [0.717, 1.165) is 6.42 Å². The lowest BCUT2D eigenvalue weighted by Crippen LogP contribution is -2.39. The summed E-state index contributed by atoms with van der Waals surface area (Å²) >= 11 is 0. The van der Waals surface area contributed by atoms with Crippen LogP contribution in [-0.2, 0) is 11.3 Å². The van der Waals surface area contributed by atoms with Gasteiger partial charge in [-0.2, -0.15) is 0 Å². The molecule has 0 bridgehead atoms. The summed E-state index contributed by atoms with van der Waals surface area (Å²) < 4.78 is 31.3. The van der Waals surface area contributed by atoms with Gasteiger partial charge in [0.05, 0.1) is 32.4 Å². The third-order valence-electron chi connectivity index (χ3n) is 6.22. The van der Waals surface area contributed by atoms with E-state index in [1.165, 1.54) is 6.07 Å². The van der Waals surface area contributed by atoms with Crippen molar-refractivity contribution in [3.8, 4) is 17.0 Å². The number of carbonyl (C=O) groups is 1. The molecule has 3 aromatic rings. The fraction of sp³-hybridized carbons (Fsp3) is 0.385. The molecular weight excluding hydrogens is 437 g/mol. The maximum Gasteiger partial charge on any atom is 0.254 e. The molecule has 0 spiro atoms. The van der Waals surface area contributed by atoms with Crippen LogP contribution in [0, 0.1) is 5.82 Å². The molecule has 7 nitrogen and oxygen atoms in total. The average Bonchev–Trinajstić information content (AvgIpc) is 3.30. The Morgan fingerprint density at radius 1 is 1.21 bits per heavy atom. The number of anilines is 1. The zero-order chi connectivity index (χ0) is 24.1. The molecule has 1 fully saturated rings. The molecule has 1 amide bonds. The van der Waals surface area contributed by atoms with Crippen molar-refractivity contribution in [2.24, 2.45) is 0 Å². The second kappa shape index (κ2) is 10.7. The second-order valence-electron chi connectivity index (χ2n) is 8.32. The third kappa shape index (κ3) is 4.92. The number of ether oxygens (including phenoxy) is 2. The number of aromatic nitrogens is 1. The van der Waals surface area contributed by atoms with Gasteiger partial charge in [0.2, 0.25) is 5.88 Å². The number of morpholine rings is 1. The van der Waals surface area contributed by atoms with Crippen LogP contribution in [0.15, 0.2) is 53.1 Å². The van der Waals surface area contributed by atoms with Gasteiger partial charge in [-0.05, 0) is 43.7 Å². The molecule has 1 aliphatic heterocycles. The molecule has 0 unspecified atom stereocenters. The Bertz CT molecular complexity index is 1130. The normalized spacial score (nSPS) is 14.6. The quantitative estimate of drug-likeness (QED) is 0.476. The predicted molar refractivity (Wildman–Crippen MR) is 128 cm³/mol. The fourth-order valence-electron chi connectivity index (χ4n) is 4.06. The zero-order valence-corrected chi connectivity index (χ0v) is 19.8. The maximum atomic E-state index is 14.8. The molecule has 1 aromatic heterocycles. The summed E-state index contributed by atoms with van der Waals surface area (Å²) in [6.45, 7) is 6.65. The molecule has 34 heavy (non-hydrogen) atoms. The number of amides is 1. The Kier molecular flexibility index (Phi) is 7.47. The van der Waals surface area contributed by atoms with Gasteiger partial charge in [0.1, 0.15) is 17.3 Å². The molecule has 1 saturated heterocycles. The number of benzene rings is 2. The molecule has 8 heteroatoms. The zero-order valence-electron chi connectivity index (χ0n) is 19.8. The van der Waals surface area contributed by atoms with E-state index in [2.05, 4.69) is 5.16 Å². The topological polar surface area (TPSA) is 68.0 Å². The summed E-state index contributed by atoms with van der Waals surface area (Å²) in [5, 5.41) is 4.26. The first-order chi connectivity index (χ1) is 16.5. The third-order valence-corrected chi connectivity index (χ3v) is 6.22. The molecule has 180 valence electrons. The number of hydrogen-bond donors (Lipinski definition) is 0. The van der Waals surface area contributed by atoms with Crippen LogP contribution >= 0.6 is 0 Å². The summed E-state index contributed by atoms with van der Waals surface area (Å²) in [6, 6.07) is 13.5. The summed E-state index contributed by atoms with van der Waals surface area (Å²) in [4.78, 5) is 17.5. The number of nitrogens with zero attached hydrogens (tertiary/aromatic N) is 3. The van der Waals surface area contributed by atoms with Gasteiger partial charge in [-0.1, -0.05) is 30.3 Å². The van der Waals surface area contributed by atoms with Crippen LogP contribution in [0.1, 0.15) is 36.2 Å². The number of carbonyl (C=O) groups excluding carboxylic acids is 1. The Morgan fingerprint density at radius 3 is 2.68 bits per heavy atom. The van der Waals surface area contributed by atoms with Crippen molar-refractivity contribution in [1.82, 2.24) is 10.1 Å². The number of methoxy groups -OCH3 is 1. The van der Waals surface area contributed by atoms with Crippen molar-refractivity contribution in [3.63, 3.8) is 0 Å². The van der Waals surface area contributed by atoms with Gasteiger partial charge in [0.25, 0.3) is 5.91 Å². The van der Waals surface area contributed by atoms with Crippen molar-refractivity contribution in [2.75, 3.05) is 38.3 Å². The molecule has 4 rings (SSSR count). The van der Waals surface area contributed by atoms with Gasteiger partial charge in [-0.15, -0.1) is 0 Å². The average molecular weight is 468 g/mol. The highest BCUT2D eigenvalue weighted by Crippen LogP contribution is 2.35. The van der Waals surface area contributed by atoms with Crippen LogP contribution in [-0.4, -0.2) is 55.4 Å². The first-order valence-corrected chi connectivity index (χ1v) is 11.5. The molecule has 0 saturated carbocycles. The molecule has 0 N–H and O–H groups in total. The van der Waals surface area contributed by atoms with E-state index in [1.807, 2.05) is 18.7 Å². The van der Waals surface area contributed by atoms with Crippen molar-refractivity contribution >= 4 is 11.8 Å². The van der Waals surface area contributed by atoms with E-state index >= 15 is 0 Å². The van der Waals surface area contributed by atoms with Crippen molar-refractivity contribution in [1.29, 1.82) is 0 Å². The Balaban J connectivity index is 1.77. The minimum absolute atomic E-state index is 0.0698. The van der Waals surface area contributed by atoms with E-state index in [1.54, 1.807) is 54.5 Å². The smallest absolute Gasteiger partial charge is 0.254 e. The first kappa shape index (κ1) is 23.8. The van der Waals surface area contributed by atoms with Crippen LogP contribution < -0.4 is 9.64 Å². The molecule has 1 atom stereocenters. The molecule has 2 aromatic carbocycles. The van der Waals surface area contributed by atoms with Crippen molar-refractivity contribution in [3.05, 3.63) is 65.5 Å². The lowest BCUT2D eigenvalue weighted by molar-refractivity contribution is 0.0671. The molecule has 1 aliphatic rings. The standard InChI is InChI=1S/C26H30FN3O4/c1-4-18(2)30(25(31)19-8-7-9-20(16-19)32-3)17-22-24(21-10-5-6-11-23(21)27)28-34-26(22)29-12-14-33-15-13-29/h5-11,16,18H,4,12-15,17H2,1-3H3/t18-/m1/s1. The summed E-state index contributed by atoms with van der Waals surface area (Å²) in [5.41, 5.74) is 1.96. The van der Waals surface area contributed by atoms with Gasteiger partial charge in [0, 0.05) is 30.3 Å². The van der Waals surface area contributed by atoms with Crippen LogP contribution in [0.4, 0.5) is 10.3 Å². The predicted octanol–water partition coefficient (Wildman–Crippen LogP) is 4.77. The summed E-state index contributed by atoms with van der Waals surface area (Å²) in [7, 11) is 1.57. The maximum absolute atomic E-state index is 14.8. The SMILES string of the molecule is CC[C@@H](C)N(Cc1c(-c2ccccc2F)noc1N1CCOCC1)C(=O)c1cccc(OC)c1. The minimum Gasteiger partial charge on any atom is -0.497 e.